The lowest BCUT2D eigenvalue weighted by molar-refractivity contribution is -0.128. The fourth-order valence-corrected chi connectivity index (χ4v) is 2.73. The normalized spacial score (nSPS) is 11.0. The van der Waals surface area contributed by atoms with E-state index in [2.05, 4.69) is 10.6 Å². The van der Waals surface area contributed by atoms with Gasteiger partial charge in [0.15, 0.2) is 0 Å². The zero-order chi connectivity index (χ0) is 20.6. The van der Waals surface area contributed by atoms with E-state index in [0.717, 1.165) is 16.9 Å². The highest BCUT2D eigenvalue weighted by atomic mass is 35.5. The van der Waals surface area contributed by atoms with Crippen LogP contribution in [0.15, 0.2) is 54.6 Å². The Kier molecular flexibility index (Phi) is 7.88. The number of hydrogen-bond donors (Lipinski definition) is 2. The van der Waals surface area contributed by atoms with Crippen molar-refractivity contribution < 1.29 is 9.59 Å². The van der Waals surface area contributed by atoms with E-state index in [0.29, 0.717) is 19.5 Å². The zero-order valence-corrected chi connectivity index (χ0v) is 17.4. The number of halogens is 1. The van der Waals surface area contributed by atoms with Gasteiger partial charge in [0.1, 0.15) is 0 Å². The highest BCUT2D eigenvalue weighted by Crippen LogP contribution is 2.18. The maximum atomic E-state index is 12.9. The Hall–Kier alpha value is -2.53. The van der Waals surface area contributed by atoms with E-state index in [1.54, 1.807) is 18.7 Å². The number of aryl methyl sites for hydroxylation is 1. The van der Waals surface area contributed by atoms with Crippen LogP contribution in [-0.4, -0.2) is 30.9 Å². The van der Waals surface area contributed by atoms with Gasteiger partial charge in [-0.3, -0.25) is 9.69 Å². The molecule has 0 heterocycles. The van der Waals surface area contributed by atoms with Gasteiger partial charge in [-0.1, -0.05) is 30.3 Å². The predicted molar refractivity (Wildman–Crippen MR) is 116 cm³/mol. The van der Waals surface area contributed by atoms with E-state index in [-0.39, 0.29) is 17.8 Å². The topological polar surface area (TPSA) is 61.4 Å². The van der Waals surface area contributed by atoms with Gasteiger partial charge < -0.3 is 10.6 Å². The number of carbonyl (C=O) groups excluding carboxylic acids is 2. The number of hydrogen-bond acceptors (Lipinski definition) is 2. The molecule has 0 saturated carbocycles. The van der Waals surface area contributed by atoms with Crippen LogP contribution in [-0.2, 0) is 4.79 Å². The van der Waals surface area contributed by atoms with Crippen molar-refractivity contribution in [2.45, 2.75) is 27.2 Å². The summed E-state index contributed by atoms with van der Waals surface area (Å²) in [7, 11) is 0. The molecule has 0 spiro atoms. The number of carbonyl (C=O) groups is 2. The van der Waals surface area contributed by atoms with Crippen molar-refractivity contribution in [1.29, 1.82) is 0 Å². The number of alkyl halides is 1. The number of rotatable bonds is 8. The average molecular weight is 402 g/mol. The quantitative estimate of drug-likeness (QED) is 0.492. The van der Waals surface area contributed by atoms with E-state index in [9.17, 15) is 9.59 Å². The standard InChI is InChI=1S/C22H28ClN3O2/c1-17-9-7-10-18(15-17)25-21(28)26(19-11-5-4-6-12-19)14-8-13-24-20(27)22(2,3)16-23/h4-7,9-12,15H,8,13-14,16H2,1-3H3,(H,24,27)(H,25,28). The summed E-state index contributed by atoms with van der Waals surface area (Å²) < 4.78 is 0. The van der Waals surface area contributed by atoms with Crippen molar-refractivity contribution in [3.63, 3.8) is 0 Å². The molecule has 0 unspecified atom stereocenters. The maximum absolute atomic E-state index is 12.9. The molecular formula is C22H28ClN3O2. The Balaban J connectivity index is 2.00. The second kappa shape index (κ2) is 10.1. The van der Waals surface area contributed by atoms with Crippen LogP contribution < -0.4 is 15.5 Å². The van der Waals surface area contributed by atoms with Crippen LogP contribution >= 0.6 is 11.6 Å². The van der Waals surface area contributed by atoms with Crippen LogP contribution in [0.25, 0.3) is 0 Å². The zero-order valence-electron chi connectivity index (χ0n) is 16.7. The summed E-state index contributed by atoms with van der Waals surface area (Å²) in [5.41, 5.74) is 2.03. The van der Waals surface area contributed by atoms with Gasteiger partial charge in [0.05, 0.1) is 5.41 Å². The first-order chi connectivity index (χ1) is 13.3. The summed E-state index contributed by atoms with van der Waals surface area (Å²) in [6.07, 6.45) is 0.625. The van der Waals surface area contributed by atoms with Crippen LogP contribution in [0.4, 0.5) is 16.2 Å². The molecule has 2 rings (SSSR count). The van der Waals surface area contributed by atoms with Crippen molar-refractivity contribution in [2.75, 3.05) is 29.2 Å². The number of amides is 3. The first-order valence-electron chi connectivity index (χ1n) is 9.38. The van der Waals surface area contributed by atoms with Gasteiger partial charge in [-0.2, -0.15) is 0 Å². The Morgan fingerprint density at radius 1 is 1.07 bits per heavy atom. The Bertz CT molecular complexity index is 793. The number of anilines is 2. The van der Waals surface area contributed by atoms with Gasteiger partial charge in [0.2, 0.25) is 5.91 Å². The predicted octanol–water partition coefficient (Wildman–Crippen LogP) is 4.80. The van der Waals surface area contributed by atoms with Crippen LogP contribution in [0.3, 0.4) is 0 Å². The lowest BCUT2D eigenvalue weighted by atomic mass is 9.95. The summed E-state index contributed by atoms with van der Waals surface area (Å²) in [5.74, 6) is 0.173. The monoisotopic (exact) mass is 401 g/mol. The van der Waals surface area contributed by atoms with Gasteiger partial charge >= 0.3 is 6.03 Å². The fourth-order valence-electron chi connectivity index (χ4n) is 2.61. The summed E-state index contributed by atoms with van der Waals surface area (Å²) in [6.45, 7) is 6.54. The third-order valence-electron chi connectivity index (χ3n) is 4.38. The van der Waals surface area contributed by atoms with Crippen molar-refractivity contribution >= 4 is 34.9 Å². The molecule has 0 saturated heterocycles. The molecule has 0 aliphatic carbocycles. The molecule has 2 N–H and O–H groups in total. The highest BCUT2D eigenvalue weighted by Gasteiger charge is 2.26. The minimum absolute atomic E-state index is 0.0852. The van der Waals surface area contributed by atoms with Crippen LogP contribution in [0.2, 0.25) is 0 Å². The molecule has 0 atom stereocenters. The first kappa shape index (κ1) is 21.8. The minimum Gasteiger partial charge on any atom is -0.356 e. The van der Waals surface area contributed by atoms with Crippen molar-refractivity contribution in [3.8, 4) is 0 Å². The summed E-state index contributed by atoms with van der Waals surface area (Å²) in [5, 5.41) is 5.84. The molecule has 0 radical (unpaired) electrons. The fraction of sp³-hybridized carbons (Fsp3) is 0.364. The molecule has 0 aliphatic rings. The molecule has 2 aromatic carbocycles. The van der Waals surface area contributed by atoms with Crippen LogP contribution in [0, 0.1) is 12.3 Å². The number of nitrogens with zero attached hydrogens (tertiary/aromatic N) is 1. The molecule has 3 amide bonds. The second-order valence-electron chi connectivity index (χ2n) is 7.41. The number of benzene rings is 2. The molecule has 28 heavy (non-hydrogen) atoms. The average Bonchev–Trinajstić information content (AvgIpc) is 2.68. The third-order valence-corrected chi connectivity index (χ3v) is 5.04. The Labute approximate surface area is 172 Å². The van der Waals surface area contributed by atoms with Crippen LogP contribution in [0.5, 0.6) is 0 Å². The van der Waals surface area contributed by atoms with Gasteiger partial charge in [-0.25, -0.2) is 4.79 Å². The molecule has 2 aromatic rings. The first-order valence-corrected chi connectivity index (χ1v) is 9.91. The van der Waals surface area contributed by atoms with E-state index < -0.39 is 5.41 Å². The maximum Gasteiger partial charge on any atom is 0.326 e. The van der Waals surface area contributed by atoms with Crippen molar-refractivity contribution in [1.82, 2.24) is 5.32 Å². The molecule has 150 valence electrons. The summed E-state index contributed by atoms with van der Waals surface area (Å²) in [4.78, 5) is 26.7. The molecular weight excluding hydrogens is 374 g/mol. The third kappa shape index (κ3) is 6.27. The van der Waals surface area contributed by atoms with Crippen molar-refractivity contribution in [2.24, 2.45) is 5.41 Å². The Morgan fingerprint density at radius 2 is 1.79 bits per heavy atom. The summed E-state index contributed by atoms with van der Waals surface area (Å²) >= 11 is 5.84. The second-order valence-corrected chi connectivity index (χ2v) is 7.68. The van der Waals surface area contributed by atoms with Crippen LogP contribution in [0.1, 0.15) is 25.8 Å². The lowest BCUT2D eigenvalue weighted by Crippen LogP contribution is -2.41. The molecule has 6 heteroatoms. The van der Waals surface area contributed by atoms with E-state index in [1.807, 2.05) is 61.5 Å². The van der Waals surface area contributed by atoms with Gasteiger partial charge in [0, 0.05) is 30.3 Å². The van der Waals surface area contributed by atoms with Crippen molar-refractivity contribution in [3.05, 3.63) is 60.2 Å². The SMILES string of the molecule is Cc1cccc(NC(=O)N(CCCNC(=O)C(C)(C)CCl)c2ccccc2)c1. The van der Waals surface area contributed by atoms with E-state index in [4.69, 9.17) is 11.6 Å². The molecule has 0 aromatic heterocycles. The van der Waals surface area contributed by atoms with E-state index >= 15 is 0 Å². The highest BCUT2D eigenvalue weighted by molar-refractivity contribution is 6.19. The van der Waals surface area contributed by atoms with Gasteiger partial charge in [-0.05, 0) is 57.0 Å². The molecule has 0 aliphatic heterocycles. The number of urea groups is 1. The van der Waals surface area contributed by atoms with Gasteiger partial charge in [-0.15, -0.1) is 11.6 Å². The molecule has 0 fully saturated rings. The largest absolute Gasteiger partial charge is 0.356 e. The minimum atomic E-state index is -0.608. The smallest absolute Gasteiger partial charge is 0.326 e. The Morgan fingerprint density at radius 3 is 2.43 bits per heavy atom. The summed E-state index contributed by atoms with van der Waals surface area (Å²) in [6, 6.07) is 17.0. The number of para-hydroxylation sites is 1. The number of nitrogens with one attached hydrogen (secondary N) is 2. The molecule has 0 bridgehead atoms. The van der Waals surface area contributed by atoms with E-state index in [1.165, 1.54) is 0 Å². The van der Waals surface area contributed by atoms with Gasteiger partial charge in [0.25, 0.3) is 0 Å². The lowest BCUT2D eigenvalue weighted by Gasteiger charge is -2.24. The molecule has 5 nitrogen and oxygen atoms in total.